The number of rotatable bonds is 9. The fraction of sp³-hybridized carbons (Fsp3) is 0.458. The van der Waals surface area contributed by atoms with Gasteiger partial charge in [-0.15, -0.1) is 0 Å². The Hall–Kier alpha value is -2.93. The Bertz CT molecular complexity index is 900. The molecule has 1 aliphatic heterocycles. The minimum absolute atomic E-state index is 0.181. The Balaban J connectivity index is 1.70. The number of hydrogen-bond acceptors (Lipinski definition) is 5. The van der Waals surface area contributed by atoms with Crippen LogP contribution in [0.25, 0.3) is 0 Å². The van der Waals surface area contributed by atoms with Crippen molar-refractivity contribution in [3.05, 3.63) is 53.1 Å². The van der Waals surface area contributed by atoms with Crippen LogP contribution < -0.4 is 24.8 Å². The maximum absolute atomic E-state index is 10.6. The molecule has 1 aliphatic rings. The van der Waals surface area contributed by atoms with Crippen LogP contribution >= 0.6 is 0 Å². The van der Waals surface area contributed by atoms with Crippen LogP contribution in [0.15, 0.2) is 41.4 Å². The van der Waals surface area contributed by atoms with Gasteiger partial charge in [-0.25, -0.2) is 4.99 Å². The number of aliphatic hydroxyl groups excluding tert-OH is 1. The summed E-state index contributed by atoms with van der Waals surface area (Å²) >= 11 is 0. The van der Waals surface area contributed by atoms with E-state index in [0.29, 0.717) is 38.0 Å². The molecule has 3 rings (SSSR count). The van der Waals surface area contributed by atoms with Gasteiger partial charge in [0, 0.05) is 30.6 Å². The number of guanidine groups is 1. The van der Waals surface area contributed by atoms with Gasteiger partial charge in [-0.3, -0.25) is 0 Å². The van der Waals surface area contributed by atoms with Crippen LogP contribution in [-0.4, -0.2) is 44.0 Å². The van der Waals surface area contributed by atoms with Gasteiger partial charge in [0.1, 0.15) is 23.4 Å². The van der Waals surface area contributed by atoms with Crippen molar-refractivity contribution in [3.8, 4) is 17.2 Å². The van der Waals surface area contributed by atoms with Gasteiger partial charge >= 0.3 is 0 Å². The predicted molar refractivity (Wildman–Crippen MR) is 122 cm³/mol. The lowest BCUT2D eigenvalue weighted by Crippen LogP contribution is -2.39. The number of aliphatic imine (C=N–C) groups is 1. The maximum Gasteiger partial charge on any atom is 0.191 e. The van der Waals surface area contributed by atoms with Gasteiger partial charge in [-0.05, 0) is 50.6 Å². The number of ether oxygens (including phenoxy) is 3. The van der Waals surface area contributed by atoms with Crippen molar-refractivity contribution in [1.82, 2.24) is 10.6 Å². The summed E-state index contributed by atoms with van der Waals surface area (Å²) in [4.78, 5) is 4.69. The molecule has 0 bridgehead atoms. The Morgan fingerprint density at radius 1 is 1.26 bits per heavy atom. The molecular formula is C24H33N3O4. The van der Waals surface area contributed by atoms with E-state index in [1.54, 1.807) is 7.11 Å². The van der Waals surface area contributed by atoms with Gasteiger partial charge in [0.05, 0.1) is 26.4 Å². The van der Waals surface area contributed by atoms with Crippen molar-refractivity contribution in [3.63, 3.8) is 0 Å². The van der Waals surface area contributed by atoms with Crippen molar-refractivity contribution >= 4 is 5.96 Å². The highest BCUT2D eigenvalue weighted by Crippen LogP contribution is 2.35. The molecule has 31 heavy (non-hydrogen) atoms. The number of methoxy groups -OCH3 is 1. The molecule has 2 aromatic rings. The van der Waals surface area contributed by atoms with Crippen molar-refractivity contribution in [1.29, 1.82) is 0 Å². The number of benzene rings is 2. The van der Waals surface area contributed by atoms with Crippen molar-refractivity contribution in [2.45, 2.75) is 45.9 Å². The van der Waals surface area contributed by atoms with Gasteiger partial charge in [-0.1, -0.05) is 12.1 Å². The second-order valence-electron chi connectivity index (χ2n) is 7.50. The first-order chi connectivity index (χ1) is 15.0. The van der Waals surface area contributed by atoms with E-state index in [4.69, 9.17) is 19.2 Å². The van der Waals surface area contributed by atoms with Gasteiger partial charge in [-0.2, -0.15) is 0 Å². The summed E-state index contributed by atoms with van der Waals surface area (Å²) in [6.07, 6.45) is 0.388. The number of nitrogens with one attached hydrogen (secondary N) is 2. The van der Waals surface area contributed by atoms with Crippen LogP contribution in [0.2, 0.25) is 0 Å². The lowest BCUT2D eigenvalue weighted by atomic mass is 10.1. The average molecular weight is 428 g/mol. The zero-order valence-electron chi connectivity index (χ0n) is 18.8. The van der Waals surface area contributed by atoms with E-state index < -0.39 is 6.10 Å². The predicted octanol–water partition coefficient (Wildman–Crippen LogP) is 3.21. The molecule has 1 heterocycles. The molecule has 3 N–H and O–H groups in total. The number of fused-ring (bicyclic) bond motifs is 1. The molecule has 7 heteroatoms. The van der Waals surface area contributed by atoms with Crippen LogP contribution in [-0.2, 0) is 13.0 Å². The van der Waals surface area contributed by atoms with E-state index in [0.717, 1.165) is 29.0 Å². The molecule has 0 fully saturated rings. The minimum Gasteiger partial charge on any atom is -0.497 e. The van der Waals surface area contributed by atoms with Crippen LogP contribution in [0.3, 0.4) is 0 Å². The number of aliphatic hydroxyl groups is 1. The molecule has 0 amide bonds. The van der Waals surface area contributed by atoms with Gasteiger partial charge in [0.15, 0.2) is 5.96 Å². The highest BCUT2D eigenvalue weighted by Gasteiger charge is 2.22. The Morgan fingerprint density at radius 3 is 2.84 bits per heavy atom. The largest absolute Gasteiger partial charge is 0.497 e. The molecule has 0 saturated carbocycles. The van der Waals surface area contributed by atoms with E-state index in [1.807, 2.05) is 44.2 Å². The summed E-state index contributed by atoms with van der Waals surface area (Å²) in [5.41, 5.74) is 2.93. The lowest BCUT2D eigenvalue weighted by molar-refractivity contribution is 0.180. The van der Waals surface area contributed by atoms with Crippen LogP contribution in [0.1, 0.15) is 43.6 Å². The topological polar surface area (TPSA) is 84.3 Å². The molecule has 0 aromatic heterocycles. The first-order valence-electron chi connectivity index (χ1n) is 10.8. The average Bonchev–Trinajstić information content (AvgIpc) is 3.14. The fourth-order valence-electron chi connectivity index (χ4n) is 3.56. The van der Waals surface area contributed by atoms with Gasteiger partial charge < -0.3 is 30.0 Å². The highest BCUT2D eigenvalue weighted by atomic mass is 16.5. The van der Waals surface area contributed by atoms with Crippen LogP contribution in [0.5, 0.6) is 17.2 Å². The SMILES string of the molecule is CCNC(=NCc1cc2c(cc1OCC)CC(C)O2)NCC(O)c1cccc(OC)c1. The zero-order chi connectivity index (χ0) is 22.2. The molecule has 0 saturated heterocycles. The number of nitrogens with zero attached hydrogens (tertiary/aromatic N) is 1. The molecule has 7 nitrogen and oxygen atoms in total. The summed E-state index contributed by atoms with van der Waals surface area (Å²) in [5.74, 6) is 3.10. The Labute approximate surface area is 184 Å². The van der Waals surface area contributed by atoms with E-state index in [1.165, 1.54) is 5.56 Å². The van der Waals surface area contributed by atoms with E-state index in [9.17, 15) is 5.11 Å². The first-order valence-corrected chi connectivity index (χ1v) is 10.8. The normalized spacial score (nSPS) is 16.3. The summed E-state index contributed by atoms with van der Waals surface area (Å²) in [6.45, 7) is 8.12. The van der Waals surface area contributed by atoms with Crippen LogP contribution in [0.4, 0.5) is 0 Å². The highest BCUT2D eigenvalue weighted by molar-refractivity contribution is 5.79. The van der Waals surface area contributed by atoms with E-state index >= 15 is 0 Å². The molecule has 2 unspecified atom stereocenters. The Kier molecular flexibility index (Phi) is 8.00. The third kappa shape index (κ3) is 6.04. The minimum atomic E-state index is -0.687. The first kappa shape index (κ1) is 22.7. The second-order valence-corrected chi connectivity index (χ2v) is 7.50. The van der Waals surface area contributed by atoms with Crippen molar-refractivity contribution in [2.24, 2.45) is 4.99 Å². The third-order valence-electron chi connectivity index (χ3n) is 5.07. The molecule has 2 atom stereocenters. The molecule has 168 valence electrons. The summed E-state index contributed by atoms with van der Waals surface area (Å²) in [7, 11) is 1.61. The molecule has 0 radical (unpaired) electrons. The summed E-state index contributed by atoms with van der Waals surface area (Å²) in [5, 5.41) is 17.0. The molecular weight excluding hydrogens is 394 g/mol. The van der Waals surface area contributed by atoms with E-state index in [-0.39, 0.29) is 6.10 Å². The smallest absolute Gasteiger partial charge is 0.191 e. The molecule has 0 aliphatic carbocycles. The monoisotopic (exact) mass is 427 g/mol. The Morgan fingerprint density at radius 2 is 2.10 bits per heavy atom. The van der Waals surface area contributed by atoms with Crippen molar-refractivity contribution < 1.29 is 19.3 Å². The molecule has 2 aromatic carbocycles. The second kappa shape index (κ2) is 10.9. The van der Waals surface area contributed by atoms with E-state index in [2.05, 4.69) is 23.6 Å². The maximum atomic E-state index is 10.6. The van der Waals surface area contributed by atoms with Crippen LogP contribution in [0, 0.1) is 0 Å². The summed E-state index contributed by atoms with van der Waals surface area (Å²) in [6, 6.07) is 11.5. The summed E-state index contributed by atoms with van der Waals surface area (Å²) < 4.78 is 17.0. The third-order valence-corrected chi connectivity index (χ3v) is 5.07. The van der Waals surface area contributed by atoms with Gasteiger partial charge in [0.25, 0.3) is 0 Å². The zero-order valence-corrected chi connectivity index (χ0v) is 18.8. The van der Waals surface area contributed by atoms with Gasteiger partial charge in [0.2, 0.25) is 0 Å². The number of hydrogen-bond donors (Lipinski definition) is 3. The lowest BCUT2D eigenvalue weighted by Gasteiger charge is -2.17. The standard InChI is InChI=1S/C24H33N3O4/c1-5-25-24(27-15-21(28)17-8-7-9-20(11-17)29-4)26-14-19-13-23-18(10-16(3)31-23)12-22(19)30-6-2/h7-9,11-13,16,21,28H,5-6,10,14-15H2,1-4H3,(H2,25,26,27). The van der Waals surface area contributed by atoms with Crippen molar-refractivity contribution in [2.75, 3.05) is 26.8 Å². The quantitative estimate of drug-likeness (QED) is 0.421. The molecule has 0 spiro atoms. The fourth-order valence-corrected chi connectivity index (χ4v) is 3.56.